The Morgan fingerprint density at radius 2 is 1.86 bits per heavy atom. The second-order valence-electron chi connectivity index (χ2n) is 2.78. The van der Waals surface area contributed by atoms with Gasteiger partial charge in [0.15, 0.2) is 0 Å². The van der Waals surface area contributed by atoms with Crippen LogP contribution in [0.15, 0.2) is 18.2 Å². The van der Waals surface area contributed by atoms with Gasteiger partial charge in [-0.05, 0) is 13.0 Å². The minimum atomic E-state index is -4.85. The first-order valence-corrected chi connectivity index (χ1v) is 5.15. The first-order valence-electron chi connectivity index (χ1n) is 3.71. The molecule has 2 nitrogen and oxygen atoms in total. The maximum atomic E-state index is 13.0. The van der Waals surface area contributed by atoms with Gasteiger partial charge in [-0.1, -0.05) is 6.07 Å². The Kier molecular flexibility index (Phi) is 2.84. The highest BCUT2D eigenvalue weighted by Crippen LogP contribution is 2.25. The molecule has 0 N–H and O–H groups in total. The van der Waals surface area contributed by atoms with E-state index in [4.69, 9.17) is 0 Å². The van der Waals surface area contributed by atoms with Crippen LogP contribution in [0.1, 0.15) is 17.7 Å². The molecule has 0 amide bonds. The summed E-state index contributed by atoms with van der Waals surface area (Å²) < 4.78 is 58.7. The van der Waals surface area contributed by atoms with Gasteiger partial charge in [-0.25, -0.2) is 8.78 Å². The fraction of sp³-hybridized carbons (Fsp3) is 0.250. The lowest BCUT2D eigenvalue weighted by molar-refractivity contribution is 0.530. The van der Waals surface area contributed by atoms with Crippen LogP contribution < -0.4 is 0 Å². The predicted octanol–water partition coefficient (Wildman–Crippen LogP) is 2.33. The van der Waals surface area contributed by atoms with Crippen LogP contribution in [0.25, 0.3) is 0 Å². The van der Waals surface area contributed by atoms with Crippen LogP contribution in [0.3, 0.4) is 0 Å². The highest BCUT2D eigenvalue weighted by Gasteiger charge is 2.24. The second kappa shape index (κ2) is 3.61. The van der Waals surface area contributed by atoms with E-state index in [2.05, 4.69) is 0 Å². The average Bonchev–Trinajstić information content (AvgIpc) is 2.01. The van der Waals surface area contributed by atoms with Gasteiger partial charge >= 0.3 is 10.2 Å². The summed E-state index contributed by atoms with van der Waals surface area (Å²) in [7, 11) is -4.85. The Hall–Kier alpha value is -1.04. The van der Waals surface area contributed by atoms with Crippen LogP contribution in [-0.2, 0) is 10.2 Å². The molecule has 78 valence electrons. The summed E-state index contributed by atoms with van der Waals surface area (Å²) in [5.74, 6) is -1.91. The molecule has 0 aliphatic carbocycles. The quantitative estimate of drug-likeness (QED) is 0.722. The highest BCUT2D eigenvalue weighted by atomic mass is 32.3. The van der Waals surface area contributed by atoms with Crippen molar-refractivity contribution in [1.29, 1.82) is 0 Å². The molecule has 1 unspecified atom stereocenters. The molecule has 14 heavy (non-hydrogen) atoms. The molecule has 1 aromatic rings. The molecule has 0 heterocycles. The van der Waals surface area contributed by atoms with E-state index in [1.807, 2.05) is 0 Å². The van der Waals surface area contributed by atoms with Crippen molar-refractivity contribution in [2.75, 3.05) is 0 Å². The first-order chi connectivity index (χ1) is 6.32. The molecule has 0 aliphatic rings. The first kappa shape index (κ1) is 11.0. The van der Waals surface area contributed by atoms with Gasteiger partial charge in [0.25, 0.3) is 0 Å². The van der Waals surface area contributed by atoms with Crippen LogP contribution in [0.2, 0.25) is 0 Å². The lowest BCUT2D eigenvalue weighted by atomic mass is 10.1. The SMILES string of the molecule is CC(c1ccc(F)cc1F)S(=O)(=O)F. The van der Waals surface area contributed by atoms with Gasteiger partial charge in [-0.3, -0.25) is 0 Å². The zero-order valence-corrected chi connectivity index (χ0v) is 7.98. The molecule has 0 fully saturated rings. The average molecular weight is 224 g/mol. The molecule has 1 rings (SSSR count). The van der Waals surface area contributed by atoms with Gasteiger partial charge in [-0.2, -0.15) is 8.42 Å². The molecule has 1 atom stereocenters. The molecule has 0 saturated heterocycles. The van der Waals surface area contributed by atoms with E-state index in [1.165, 1.54) is 0 Å². The van der Waals surface area contributed by atoms with Gasteiger partial charge in [0.2, 0.25) is 0 Å². The van der Waals surface area contributed by atoms with E-state index < -0.39 is 27.1 Å². The Labute approximate surface area is 79.6 Å². The maximum Gasteiger partial charge on any atom is 0.309 e. The smallest absolute Gasteiger partial charge is 0.207 e. The minimum absolute atomic E-state index is 0.381. The van der Waals surface area contributed by atoms with Crippen LogP contribution in [0.5, 0.6) is 0 Å². The third-order valence-corrected chi connectivity index (χ3v) is 2.92. The second-order valence-corrected chi connectivity index (χ2v) is 4.44. The Morgan fingerprint density at radius 1 is 1.29 bits per heavy atom. The molecule has 0 aromatic heterocycles. The van der Waals surface area contributed by atoms with Crippen LogP contribution in [0.4, 0.5) is 12.7 Å². The highest BCUT2D eigenvalue weighted by molar-refractivity contribution is 7.86. The largest absolute Gasteiger partial charge is 0.309 e. The Morgan fingerprint density at radius 3 is 2.29 bits per heavy atom. The number of halogens is 3. The van der Waals surface area contributed by atoms with E-state index in [0.717, 1.165) is 19.1 Å². The van der Waals surface area contributed by atoms with Crippen LogP contribution in [0, 0.1) is 11.6 Å². The fourth-order valence-electron chi connectivity index (χ4n) is 0.983. The predicted molar refractivity (Wildman–Crippen MR) is 44.8 cm³/mol. The molecular weight excluding hydrogens is 217 g/mol. The van der Waals surface area contributed by atoms with Crippen LogP contribution in [-0.4, -0.2) is 8.42 Å². The lowest BCUT2D eigenvalue weighted by Gasteiger charge is -2.07. The normalized spacial score (nSPS) is 14.0. The molecular formula is C8H7F3O2S. The zero-order valence-electron chi connectivity index (χ0n) is 7.17. The molecule has 0 bridgehead atoms. The molecule has 0 aliphatic heterocycles. The monoisotopic (exact) mass is 224 g/mol. The summed E-state index contributed by atoms with van der Waals surface area (Å²) in [5, 5.41) is -1.62. The molecule has 6 heteroatoms. The molecule has 1 aromatic carbocycles. The minimum Gasteiger partial charge on any atom is -0.207 e. The molecule has 0 radical (unpaired) electrons. The van der Waals surface area contributed by atoms with Crippen molar-refractivity contribution in [2.24, 2.45) is 0 Å². The van der Waals surface area contributed by atoms with Crippen molar-refractivity contribution >= 4 is 10.2 Å². The van der Waals surface area contributed by atoms with Gasteiger partial charge in [-0.15, -0.1) is 3.89 Å². The summed E-state index contributed by atoms with van der Waals surface area (Å²) in [4.78, 5) is 0. The van der Waals surface area contributed by atoms with Gasteiger partial charge in [0.05, 0.1) is 0 Å². The topological polar surface area (TPSA) is 34.1 Å². The summed E-state index contributed by atoms with van der Waals surface area (Å²) in [6.45, 7) is 0.992. The zero-order chi connectivity index (χ0) is 10.9. The van der Waals surface area contributed by atoms with Crippen molar-refractivity contribution in [1.82, 2.24) is 0 Å². The standard InChI is InChI=1S/C8H7F3O2S/c1-5(14(11,12)13)7-3-2-6(9)4-8(7)10/h2-5H,1H3. The third kappa shape index (κ3) is 2.25. The summed E-state index contributed by atoms with van der Waals surface area (Å²) in [6, 6.07) is 2.30. The molecule has 0 spiro atoms. The number of rotatable bonds is 2. The van der Waals surface area contributed by atoms with Crippen molar-refractivity contribution < 1.29 is 21.1 Å². The summed E-state index contributed by atoms with van der Waals surface area (Å²) in [6.07, 6.45) is 0. The van der Waals surface area contributed by atoms with Crippen LogP contribution >= 0.6 is 0 Å². The summed E-state index contributed by atoms with van der Waals surface area (Å²) in [5.41, 5.74) is -0.381. The third-order valence-electron chi connectivity index (χ3n) is 1.82. The number of hydrogen-bond acceptors (Lipinski definition) is 2. The van der Waals surface area contributed by atoms with Crippen molar-refractivity contribution in [3.05, 3.63) is 35.4 Å². The van der Waals surface area contributed by atoms with E-state index in [-0.39, 0.29) is 5.56 Å². The summed E-state index contributed by atoms with van der Waals surface area (Å²) >= 11 is 0. The fourth-order valence-corrected chi connectivity index (χ4v) is 1.48. The number of hydrogen-bond donors (Lipinski definition) is 0. The number of benzene rings is 1. The van der Waals surface area contributed by atoms with Gasteiger partial charge in [0.1, 0.15) is 16.9 Å². The molecule has 0 saturated carbocycles. The van der Waals surface area contributed by atoms with Crippen molar-refractivity contribution in [2.45, 2.75) is 12.2 Å². The van der Waals surface area contributed by atoms with Crippen molar-refractivity contribution in [3.63, 3.8) is 0 Å². The van der Waals surface area contributed by atoms with E-state index in [1.54, 1.807) is 0 Å². The van der Waals surface area contributed by atoms with E-state index in [0.29, 0.717) is 6.07 Å². The Bertz CT molecular complexity index is 442. The lowest BCUT2D eigenvalue weighted by Crippen LogP contribution is -2.06. The van der Waals surface area contributed by atoms with E-state index in [9.17, 15) is 21.1 Å². The van der Waals surface area contributed by atoms with Gasteiger partial charge in [0, 0.05) is 11.6 Å². The van der Waals surface area contributed by atoms with E-state index >= 15 is 0 Å². The maximum absolute atomic E-state index is 13.0. The van der Waals surface area contributed by atoms with Crippen molar-refractivity contribution in [3.8, 4) is 0 Å². The van der Waals surface area contributed by atoms with Gasteiger partial charge < -0.3 is 0 Å². The Balaban J connectivity index is 3.21.